The van der Waals surface area contributed by atoms with E-state index in [2.05, 4.69) is 31.2 Å². The highest BCUT2D eigenvalue weighted by Crippen LogP contribution is 2.32. The van der Waals surface area contributed by atoms with Gasteiger partial charge in [-0.25, -0.2) is 19.2 Å². The van der Waals surface area contributed by atoms with Crippen LogP contribution >= 0.6 is 0 Å². The molecule has 0 bridgehead atoms. The van der Waals surface area contributed by atoms with E-state index in [-0.39, 0.29) is 53.8 Å². The number of carbonyl (C=O) groups excluding carboxylic acids is 3. The summed E-state index contributed by atoms with van der Waals surface area (Å²) in [6, 6.07) is 2.69. The first-order chi connectivity index (χ1) is 19.3. The van der Waals surface area contributed by atoms with E-state index in [0.717, 1.165) is 5.56 Å². The quantitative estimate of drug-likeness (QED) is 0.286. The predicted octanol–water partition coefficient (Wildman–Crippen LogP) is 0.328. The molecule has 5 N–H and O–H groups in total. The molecule has 3 amide bonds. The number of carbonyl (C=O) groups is 3. The molecule has 1 aliphatic carbocycles. The average Bonchev–Trinajstić information content (AvgIpc) is 3.64. The Morgan fingerprint density at radius 3 is 2.98 bits per heavy atom. The van der Waals surface area contributed by atoms with Crippen LogP contribution in [0.25, 0.3) is 0 Å². The number of hydrogen-bond donors (Lipinski definition) is 5. The smallest absolute Gasteiger partial charge is 0.415 e. The van der Waals surface area contributed by atoms with Crippen molar-refractivity contribution < 1.29 is 33.4 Å². The summed E-state index contributed by atoms with van der Waals surface area (Å²) in [5, 5.41) is 21.3. The molecule has 4 heterocycles. The van der Waals surface area contributed by atoms with E-state index in [4.69, 9.17) is 9.47 Å². The third-order valence-corrected chi connectivity index (χ3v) is 7.53. The molecule has 2 fully saturated rings. The first kappa shape index (κ1) is 26.3. The van der Waals surface area contributed by atoms with Crippen molar-refractivity contribution in [3.05, 3.63) is 35.3 Å². The van der Waals surface area contributed by atoms with Crippen LogP contribution in [0.4, 0.5) is 26.5 Å². The number of nitrogens with zero attached hydrogens (tertiary/aromatic N) is 3. The van der Waals surface area contributed by atoms with Crippen molar-refractivity contribution in [3.8, 4) is 5.88 Å². The molecule has 40 heavy (non-hydrogen) atoms. The lowest BCUT2D eigenvalue weighted by Gasteiger charge is -2.18. The number of cyclic esters (lactones) is 1. The molecule has 2 saturated heterocycles. The van der Waals surface area contributed by atoms with Crippen LogP contribution in [0, 0.1) is 11.7 Å². The minimum atomic E-state index is -0.551. The summed E-state index contributed by atoms with van der Waals surface area (Å²) in [5.41, 5.74) is 1.98. The molecule has 2 unspecified atom stereocenters. The Kier molecular flexibility index (Phi) is 7.21. The molecule has 0 radical (unpaired) electrons. The molecule has 1 aromatic carbocycles. The van der Waals surface area contributed by atoms with Crippen molar-refractivity contribution in [2.24, 2.45) is 5.92 Å². The number of aliphatic hydroxyl groups is 1. The van der Waals surface area contributed by atoms with Crippen LogP contribution in [0.1, 0.15) is 24.0 Å². The fourth-order valence-electron chi connectivity index (χ4n) is 5.55. The largest absolute Gasteiger partial charge is 0.465 e. The van der Waals surface area contributed by atoms with Gasteiger partial charge in [0.1, 0.15) is 11.9 Å². The maximum atomic E-state index is 14.8. The maximum absolute atomic E-state index is 14.8. The van der Waals surface area contributed by atoms with Gasteiger partial charge in [0.05, 0.1) is 24.9 Å². The molecule has 4 aliphatic rings. The summed E-state index contributed by atoms with van der Waals surface area (Å²) in [6.45, 7) is 1.80. The third kappa shape index (κ3) is 5.55. The van der Waals surface area contributed by atoms with Gasteiger partial charge in [-0.2, -0.15) is 0 Å². The number of fused-ring (bicyclic) bond motifs is 2. The van der Waals surface area contributed by atoms with E-state index in [1.165, 1.54) is 17.2 Å². The van der Waals surface area contributed by atoms with Gasteiger partial charge in [0.2, 0.25) is 5.91 Å². The fourth-order valence-corrected chi connectivity index (χ4v) is 5.55. The molecule has 2 aromatic rings. The number of nitrogens with one attached hydrogen (secondary N) is 4. The molecule has 14 heteroatoms. The third-order valence-electron chi connectivity index (χ3n) is 7.53. The summed E-state index contributed by atoms with van der Waals surface area (Å²) < 4.78 is 25.5. The number of aromatic nitrogens is 2. The molecule has 6 rings (SSSR count). The van der Waals surface area contributed by atoms with Crippen LogP contribution in [-0.2, 0) is 27.2 Å². The van der Waals surface area contributed by atoms with Crippen LogP contribution in [0.5, 0.6) is 5.88 Å². The van der Waals surface area contributed by atoms with Gasteiger partial charge in [-0.05, 0) is 68.0 Å². The number of aliphatic hydroxyl groups excluding tert-OH is 1. The SMILES string of the molecule is O=C1COc2ncc(N3CC(CCNCC4Cc5cc(NC(=O)[C@@H]6C[C@@H](O)CN6)cc(F)c5C4)OC3=O)nc2N1. The van der Waals surface area contributed by atoms with Crippen molar-refractivity contribution in [1.82, 2.24) is 20.6 Å². The van der Waals surface area contributed by atoms with E-state index < -0.39 is 18.2 Å². The zero-order valence-electron chi connectivity index (χ0n) is 21.6. The van der Waals surface area contributed by atoms with Crippen LogP contribution in [0.15, 0.2) is 18.3 Å². The molecule has 212 valence electrons. The highest BCUT2D eigenvalue weighted by Gasteiger charge is 2.34. The van der Waals surface area contributed by atoms with Crippen molar-refractivity contribution in [2.45, 2.75) is 43.9 Å². The van der Waals surface area contributed by atoms with Crippen LogP contribution in [-0.4, -0.2) is 84.0 Å². The van der Waals surface area contributed by atoms with Gasteiger partial charge >= 0.3 is 6.09 Å². The lowest BCUT2D eigenvalue weighted by atomic mass is 10.1. The van der Waals surface area contributed by atoms with E-state index in [9.17, 15) is 23.9 Å². The van der Waals surface area contributed by atoms with Crippen molar-refractivity contribution in [3.63, 3.8) is 0 Å². The lowest BCUT2D eigenvalue weighted by molar-refractivity contribution is -0.119. The van der Waals surface area contributed by atoms with Crippen LogP contribution in [0.3, 0.4) is 0 Å². The minimum Gasteiger partial charge on any atom is -0.465 e. The number of halogens is 1. The van der Waals surface area contributed by atoms with Crippen molar-refractivity contribution in [2.75, 3.05) is 48.3 Å². The number of amides is 3. The van der Waals surface area contributed by atoms with E-state index in [1.54, 1.807) is 0 Å². The summed E-state index contributed by atoms with van der Waals surface area (Å²) in [7, 11) is 0. The topological polar surface area (TPSA) is 167 Å². The number of hydrogen-bond acceptors (Lipinski definition) is 10. The number of rotatable bonds is 8. The Hall–Kier alpha value is -3.88. The molecule has 1 aromatic heterocycles. The summed E-state index contributed by atoms with van der Waals surface area (Å²) >= 11 is 0. The molecule has 4 atom stereocenters. The van der Waals surface area contributed by atoms with Crippen LogP contribution < -0.4 is 30.9 Å². The Balaban J connectivity index is 0.961. The Bertz CT molecular complexity index is 1340. The number of anilines is 3. The van der Waals surface area contributed by atoms with Gasteiger partial charge < -0.3 is 35.8 Å². The first-order valence-corrected chi connectivity index (χ1v) is 13.3. The Morgan fingerprint density at radius 1 is 1.27 bits per heavy atom. The molecule has 0 spiro atoms. The Labute approximate surface area is 228 Å². The standard InChI is InChI=1S/C26H30FN7O6/c27-19-6-15(31-24(37)20-7-16(35)9-29-20)5-14-3-13(4-18(14)19)8-28-2-1-17-11-34(26(38)40-17)21-10-30-25-23(32-21)33-22(36)12-39-25/h5-6,10,13,16-17,20,28-29,35H,1-4,7-9,11-12H2,(H,31,37)(H,32,33,36)/t13?,16-,17?,20+/m1/s1. The van der Waals surface area contributed by atoms with E-state index >= 15 is 0 Å². The van der Waals surface area contributed by atoms with Gasteiger partial charge in [-0.1, -0.05) is 0 Å². The van der Waals surface area contributed by atoms with Gasteiger partial charge in [0.15, 0.2) is 18.2 Å². The lowest BCUT2D eigenvalue weighted by Crippen LogP contribution is -2.35. The zero-order chi connectivity index (χ0) is 27.8. The van der Waals surface area contributed by atoms with E-state index in [1.807, 2.05) is 6.07 Å². The number of β-amino-alcohol motifs (C(OH)–C–C–N with tert-alkyl or cyclic N) is 1. The summed E-state index contributed by atoms with van der Waals surface area (Å²) in [6.07, 6.45) is 2.17. The summed E-state index contributed by atoms with van der Waals surface area (Å²) in [5.74, 6) is -0.113. The van der Waals surface area contributed by atoms with Gasteiger partial charge in [0, 0.05) is 12.2 Å². The normalized spacial score (nSPS) is 25.2. The molecule has 3 aliphatic heterocycles. The molecule has 13 nitrogen and oxygen atoms in total. The highest BCUT2D eigenvalue weighted by molar-refractivity contribution is 5.95. The number of ether oxygens (including phenoxy) is 2. The zero-order valence-corrected chi connectivity index (χ0v) is 21.6. The number of benzene rings is 1. The maximum Gasteiger partial charge on any atom is 0.415 e. The highest BCUT2D eigenvalue weighted by atomic mass is 19.1. The first-order valence-electron chi connectivity index (χ1n) is 13.3. The van der Waals surface area contributed by atoms with Gasteiger partial charge in [-0.3, -0.25) is 14.5 Å². The van der Waals surface area contributed by atoms with Gasteiger partial charge in [-0.15, -0.1) is 0 Å². The molecular formula is C26H30FN7O6. The average molecular weight is 556 g/mol. The second kappa shape index (κ2) is 10.9. The monoisotopic (exact) mass is 555 g/mol. The molecular weight excluding hydrogens is 525 g/mol. The predicted molar refractivity (Wildman–Crippen MR) is 140 cm³/mol. The Morgan fingerprint density at radius 2 is 2.15 bits per heavy atom. The second-order valence-electron chi connectivity index (χ2n) is 10.5. The van der Waals surface area contributed by atoms with Crippen LogP contribution in [0.2, 0.25) is 0 Å². The molecule has 0 saturated carbocycles. The fraction of sp³-hybridized carbons (Fsp3) is 0.500. The van der Waals surface area contributed by atoms with E-state index in [0.29, 0.717) is 63.1 Å². The van der Waals surface area contributed by atoms with Gasteiger partial charge in [0.25, 0.3) is 11.8 Å². The minimum absolute atomic E-state index is 0.131. The van der Waals surface area contributed by atoms with Crippen molar-refractivity contribution in [1.29, 1.82) is 0 Å². The summed E-state index contributed by atoms with van der Waals surface area (Å²) in [4.78, 5) is 46.2. The van der Waals surface area contributed by atoms with Crippen molar-refractivity contribution >= 4 is 35.2 Å². The second-order valence-corrected chi connectivity index (χ2v) is 10.5.